The molecule has 1 saturated carbocycles. The molecule has 9 atom stereocenters. The van der Waals surface area contributed by atoms with Crippen LogP contribution >= 0.6 is 0 Å². The summed E-state index contributed by atoms with van der Waals surface area (Å²) in [6.45, 7) is 6.45. The Morgan fingerprint density at radius 2 is 2.00 bits per heavy atom. The normalized spacial score (nSPS) is 42.8. The molecule has 0 radical (unpaired) electrons. The molecule has 6 rings (SSSR count). The largest absolute Gasteiger partial charge is 0.346 e. The summed E-state index contributed by atoms with van der Waals surface area (Å²) < 4.78 is 24.7. The molecular formula is C25H35NO6S. The first kappa shape index (κ1) is 23.4. The highest BCUT2D eigenvalue weighted by molar-refractivity contribution is 7.84. The smallest absolute Gasteiger partial charge is 0.224 e. The Morgan fingerprint density at radius 3 is 2.79 bits per heavy atom. The minimum absolute atomic E-state index is 0.0740. The van der Waals surface area contributed by atoms with Crippen LogP contribution < -0.4 is 5.32 Å². The van der Waals surface area contributed by atoms with Gasteiger partial charge in [-0.2, -0.15) is 0 Å². The number of hydrogen-bond donors (Lipinski definition) is 1. The van der Waals surface area contributed by atoms with Gasteiger partial charge in [-0.05, 0) is 68.6 Å². The highest BCUT2D eigenvalue weighted by atomic mass is 32.2. The van der Waals surface area contributed by atoms with E-state index in [0.717, 1.165) is 25.7 Å². The Balaban J connectivity index is 1.29. The summed E-state index contributed by atoms with van der Waals surface area (Å²) in [5.74, 6) is 0.505. The summed E-state index contributed by atoms with van der Waals surface area (Å²) in [6.07, 6.45) is 6.02. The Labute approximate surface area is 198 Å². The first-order valence-corrected chi connectivity index (χ1v) is 13.7. The Hall–Kier alpha value is -1.32. The average molecular weight is 478 g/mol. The maximum absolute atomic E-state index is 12.7. The van der Waals surface area contributed by atoms with Gasteiger partial charge in [0.1, 0.15) is 0 Å². The number of carbonyl (C=O) groups excluding carboxylic acids is 1. The van der Waals surface area contributed by atoms with E-state index in [-0.39, 0.29) is 23.8 Å². The van der Waals surface area contributed by atoms with Crippen molar-refractivity contribution in [1.29, 1.82) is 0 Å². The molecule has 1 aliphatic carbocycles. The molecule has 1 spiro atoms. The standard InChI is InChI=1S/C25H35NO6S/c1-15-8-9-20-16(2)21(10-11-22(27)26-17-6-5-7-18(14-17)33(4)28)29-23-25(20)19(15)12-13-24(3,30-23)31-32-25/h5-7,14-16,19-21,23H,8-13H2,1-4H3,(H,26,27)/t15-,16-,19+,20+,21-,23-,24?,25-,33?/m1/s1. The van der Waals surface area contributed by atoms with Gasteiger partial charge in [0, 0.05) is 46.4 Å². The van der Waals surface area contributed by atoms with Gasteiger partial charge in [0.25, 0.3) is 0 Å². The summed E-state index contributed by atoms with van der Waals surface area (Å²) in [5.41, 5.74) is 0.0958. The second-order valence-electron chi connectivity index (χ2n) is 10.5. The van der Waals surface area contributed by atoms with Crippen LogP contribution in [0.3, 0.4) is 0 Å². The van der Waals surface area contributed by atoms with Crippen molar-refractivity contribution in [2.45, 2.75) is 88.0 Å². The molecular weight excluding hydrogens is 442 g/mol. The van der Waals surface area contributed by atoms with Gasteiger partial charge < -0.3 is 14.8 Å². The monoisotopic (exact) mass is 477 g/mol. The first-order valence-electron chi connectivity index (χ1n) is 12.2. The van der Waals surface area contributed by atoms with Crippen LogP contribution in [0.5, 0.6) is 0 Å². The molecule has 5 fully saturated rings. The number of hydrogen-bond acceptors (Lipinski definition) is 6. The fourth-order valence-electron chi connectivity index (χ4n) is 6.56. The molecule has 7 nitrogen and oxygen atoms in total. The highest BCUT2D eigenvalue weighted by Crippen LogP contribution is 2.60. The summed E-state index contributed by atoms with van der Waals surface area (Å²) in [6, 6.07) is 7.17. The predicted molar refractivity (Wildman–Crippen MR) is 123 cm³/mol. The van der Waals surface area contributed by atoms with E-state index < -0.39 is 28.5 Å². The topological polar surface area (TPSA) is 83.1 Å². The van der Waals surface area contributed by atoms with Gasteiger partial charge >= 0.3 is 0 Å². The molecule has 1 aromatic carbocycles. The minimum atomic E-state index is -1.09. The molecule has 1 aromatic rings. The predicted octanol–water partition coefficient (Wildman–Crippen LogP) is 4.39. The molecule has 5 aliphatic rings. The maximum Gasteiger partial charge on any atom is 0.224 e. The number of ether oxygens (including phenoxy) is 2. The number of rotatable bonds is 5. The second-order valence-corrected chi connectivity index (χ2v) is 11.9. The van der Waals surface area contributed by atoms with Gasteiger partial charge in [0.15, 0.2) is 11.9 Å². The van der Waals surface area contributed by atoms with Crippen molar-refractivity contribution in [3.05, 3.63) is 24.3 Å². The highest BCUT2D eigenvalue weighted by Gasteiger charge is 2.69. The molecule has 182 valence electrons. The number of amides is 1. The van der Waals surface area contributed by atoms with Crippen LogP contribution in [0.4, 0.5) is 5.69 Å². The van der Waals surface area contributed by atoms with Crippen LogP contribution in [0.25, 0.3) is 0 Å². The fraction of sp³-hybridized carbons (Fsp3) is 0.720. The van der Waals surface area contributed by atoms with Crippen LogP contribution in [0.2, 0.25) is 0 Å². The van der Waals surface area contributed by atoms with Gasteiger partial charge in [-0.1, -0.05) is 19.9 Å². The summed E-state index contributed by atoms with van der Waals surface area (Å²) in [7, 11) is -1.09. The Kier molecular flexibility index (Phi) is 6.19. The zero-order chi connectivity index (χ0) is 23.4. The summed E-state index contributed by atoms with van der Waals surface area (Å²) in [5, 5.41) is 2.93. The van der Waals surface area contributed by atoms with Crippen LogP contribution in [0.15, 0.2) is 29.2 Å². The van der Waals surface area contributed by atoms with Crippen LogP contribution in [-0.4, -0.2) is 40.2 Å². The molecule has 1 amide bonds. The van der Waals surface area contributed by atoms with E-state index in [1.807, 2.05) is 13.0 Å². The molecule has 2 bridgehead atoms. The van der Waals surface area contributed by atoms with E-state index >= 15 is 0 Å². The fourth-order valence-corrected chi connectivity index (χ4v) is 7.12. The maximum atomic E-state index is 12.7. The lowest BCUT2D eigenvalue weighted by atomic mass is 9.57. The average Bonchev–Trinajstić information content (AvgIpc) is 3.01. The van der Waals surface area contributed by atoms with Crippen molar-refractivity contribution in [2.75, 3.05) is 11.6 Å². The third kappa shape index (κ3) is 4.08. The quantitative estimate of drug-likeness (QED) is 0.633. The number of fused-ring (bicyclic) bond motifs is 2. The molecule has 8 heteroatoms. The third-order valence-corrected chi connectivity index (χ3v) is 9.32. The zero-order valence-electron chi connectivity index (χ0n) is 19.9. The van der Waals surface area contributed by atoms with Crippen molar-refractivity contribution in [1.82, 2.24) is 0 Å². The number of nitrogens with one attached hydrogen (secondary N) is 1. The third-order valence-electron chi connectivity index (χ3n) is 8.40. The Morgan fingerprint density at radius 1 is 1.18 bits per heavy atom. The van der Waals surface area contributed by atoms with Gasteiger partial charge in [-0.3, -0.25) is 9.00 Å². The molecule has 0 aromatic heterocycles. The van der Waals surface area contributed by atoms with E-state index in [4.69, 9.17) is 19.2 Å². The number of carbonyl (C=O) groups is 1. The molecule has 4 heterocycles. The van der Waals surface area contributed by atoms with Crippen LogP contribution in [-0.2, 0) is 34.8 Å². The van der Waals surface area contributed by atoms with Gasteiger partial charge in [0.05, 0.1) is 6.10 Å². The zero-order valence-corrected chi connectivity index (χ0v) is 20.7. The van der Waals surface area contributed by atoms with E-state index in [9.17, 15) is 9.00 Å². The number of anilines is 1. The van der Waals surface area contributed by atoms with Crippen molar-refractivity contribution in [3.63, 3.8) is 0 Å². The molecule has 4 saturated heterocycles. The van der Waals surface area contributed by atoms with Crippen molar-refractivity contribution >= 4 is 22.4 Å². The lowest BCUT2D eigenvalue weighted by Gasteiger charge is -2.60. The molecule has 2 unspecified atom stereocenters. The molecule has 1 N–H and O–H groups in total. The lowest BCUT2D eigenvalue weighted by molar-refractivity contribution is -0.571. The minimum Gasteiger partial charge on any atom is -0.346 e. The SMILES string of the molecule is C[C@H]1[C@@H](CCC(=O)Nc2cccc(S(C)=O)c2)O[C@@H]2OC3(C)CC[C@H]4[C@H](C)CC[C@@H]1[C@@]24OO3. The second kappa shape index (κ2) is 8.72. The van der Waals surface area contributed by atoms with Gasteiger partial charge in [0.2, 0.25) is 11.7 Å². The van der Waals surface area contributed by atoms with Crippen molar-refractivity contribution in [3.8, 4) is 0 Å². The van der Waals surface area contributed by atoms with E-state index in [1.54, 1.807) is 24.5 Å². The van der Waals surface area contributed by atoms with E-state index in [1.165, 1.54) is 0 Å². The van der Waals surface area contributed by atoms with Crippen LogP contribution in [0, 0.1) is 23.7 Å². The Bertz CT molecular complexity index is 941. The van der Waals surface area contributed by atoms with Crippen molar-refractivity contribution < 1.29 is 28.3 Å². The molecule has 4 aliphatic heterocycles. The number of benzene rings is 1. The van der Waals surface area contributed by atoms with E-state index in [2.05, 4.69) is 19.2 Å². The van der Waals surface area contributed by atoms with E-state index in [0.29, 0.717) is 35.3 Å². The van der Waals surface area contributed by atoms with Crippen molar-refractivity contribution in [2.24, 2.45) is 23.7 Å². The summed E-state index contributed by atoms with van der Waals surface area (Å²) in [4.78, 5) is 25.4. The summed E-state index contributed by atoms with van der Waals surface area (Å²) >= 11 is 0. The lowest BCUT2D eigenvalue weighted by Crippen LogP contribution is -2.70. The molecule has 33 heavy (non-hydrogen) atoms. The first-order chi connectivity index (χ1) is 15.7. The van der Waals surface area contributed by atoms with Crippen LogP contribution in [0.1, 0.15) is 59.3 Å². The van der Waals surface area contributed by atoms with Gasteiger partial charge in [-0.25, -0.2) is 9.78 Å². The van der Waals surface area contributed by atoms with Gasteiger partial charge in [-0.15, -0.1) is 0 Å².